The number of hydrogen-bond donors (Lipinski definition) is 2. The number of carbonyl (C=O) groups is 1. The molecule has 7 nitrogen and oxygen atoms in total. The Morgan fingerprint density at radius 3 is 2.95 bits per heavy atom. The van der Waals surface area contributed by atoms with Crippen LogP contribution in [-0.4, -0.2) is 32.7 Å². The van der Waals surface area contributed by atoms with Crippen molar-refractivity contribution in [1.29, 1.82) is 0 Å². The fraction of sp³-hybridized carbons (Fsp3) is 0.333. The van der Waals surface area contributed by atoms with E-state index in [-0.39, 0.29) is 5.69 Å². The minimum Gasteiger partial charge on any atom is -0.477 e. The molecule has 0 unspecified atom stereocenters. The molecule has 0 aliphatic rings. The summed E-state index contributed by atoms with van der Waals surface area (Å²) in [4.78, 5) is 18.8. The van der Waals surface area contributed by atoms with Gasteiger partial charge in [0.25, 0.3) is 0 Å². The zero-order valence-electron chi connectivity index (χ0n) is 10.5. The highest BCUT2D eigenvalue weighted by molar-refractivity contribution is 5.85. The lowest BCUT2D eigenvalue weighted by atomic mass is 10.3. The highest BCUT2D eigenvalue weighted by Gasteiger charge is 2.05. The van der Waals surface area contributed by atoms with Crippen molar-refractivity contribution < 1.29 is 14.4 Å². The zero-order valence-corrected chi connectivity index (χ0v) is 10.5. The molecule has 0 radical (unpaired) electrons. The minimum atomic E-state index is -1.02. The summed E-state index contributed by atoms with van der Waals surface area (Å²) in [7, 11) is 0. The van der Waals surface area contributed by atoms with Gasteiger partial charge in [-0.05, 0) is 19.1 Å². The standard InChI is InChI=1S/C12H14N4O3/c1-8-14-11(19-16-8)5-6-13-7-9-3-2-4-10(15-9)12(17)18/h2-4,13H,5-7H2,1H3,(H,17,18). The molecule has 0 saturated heterocycles. The molecule has 0 bridgehead atoms. The van der Waals surface area contributed by atoms with Crippen LogP contribution in [0.2, 0.25) is 0 Å². The van der Waals surface area contributed by atoms with E-state index in [1.165, 1.54) is 6.07 Å². The van der Waals surface area contributed by atoms with Crippen molar-refractivity contribution in [1.82, 2.24) is 20.4 Å². The Bertz CT molecular complexity index is 568. The van der Waals surface area contributed by atoms with Crippen LogP contribution in [0.25, 0.3) is 0 Å². The van der Waals surface area contributed by atoms with Gasteiger partial charge >= 0.3 is 5.97 Å². The quantitative estimate of drug-likeness (QED) is 0.742. The molecule has 0 saturated carbocycles. The molecule has 2 aromatic rings. The Hall–Kier alpha value is -2.28. The van der Waals surface area contributed by atoms with E-state index in [1.54, 1.807) is 19.1 Å². The third-order valence-electron chi connectivity index (χ3n) is 2.42. The summed E-state index contributed by atoms with van der Waals surface area (Å²) >= 11 is 0. The van der Waals surface area contributed by atoms with Crippen molar-refractivity contribution in [2.45, 2.75) is 19.9 Å². The number of nitrogens with one attached hydrogen (secondary N) is 1. The maximum absolute atomic E-state index is 10.8. The van der Waals surface area contributed by atoms with Crippen molar-refractivity contribution in [2.75, 3.05) is 6.54 Å². The van der Waals surface area contributed by atoms with Gasteiger partial charge in [-0.2, -0.15) is 4.98 Å². The number of aromatic nitrogens is 3. The highest BCUT2D eigenvalue weighted by atomic mass is 16.5. The van der Waals surface area contributed by atoms with Crippen LogP contribution in [0.4, 0.5) is 0 Å². The molecule has 2 heterocycles. The molecule has 100 valence electrons. The smallest absolute Gasteiger partial charge is 0.354 e. The first kappa shape index (κ1) is 13.2. The Kier molecular flexibility index (Phi) is 4.19. The lowest BCUT2D eigenvalue weighted by molar-refractivity contribution is 0.0690. The first-order valence-corrected chi connectivity index (χ1v) is 5.84. The second-order valence-corrected chi connectivity index (χ2v) is 3.98. The van der Waals surface area contributed by atoms with Gasteiger partial charge in [-0.15, -0.1) is 0 Å². The van der Waals surface area contributed by atoms with Crippen molar-refractivity contribution in [3.8, 4) is 0 Å². The Morgan fingerprint density at radius 1 is 1.42 bits per heavy atom. The fourth-order valence-electron chi connectivity index (χ4n) is 1.55. The van der Waals surface area contributed by atoms with Gasteiger partial charge in [0, 0.05) is 19.5 Å². The average Bonchev–Trinajstić information content (AvgIpc) is 2.81. The highest BCUT2D eigenvalue weighted by Crippen LogP contribution is 2.00. The van der Waals surface area contributed by atoms with Gasteiger partial charge in [-0.1, -0.05) is 11.2 Å². The number of carboxylic acid groups (broad SMARTS) is 1. The van der Waals surface area contributed by atoms with E-state index in [0.29, 0.717) is 36.9 Å². The van der Waals surface area contributed by atoms with Gasteiger partial charge < -0.3 is 14.9 Å². The third-order valence-corrected chi connectivity index (χ3v) is 2.42. The molecule has 0 aliphatic carbocycles. The second kappa shape index (κ2) is 6.05. The van der Waals surface area contributed by atoms with Crippen molar-refractivity contribution in [2.24, 2.45) is 0 Å². The van der Waals surface area contributed by atoms with Gasteiger partial charge in [0.1, 0.15) is 5.69 Å². The molecule has 0 amide bonds. The van der Waals surface area contributed by atoms with Crippen LogP contribution < -0.4 is 5.32 Å². The number of carboxylic acids is 1. The van der Waals surface area contributed by atoms with Gasteiger partial charge in [-0.25, -0.2) is 9.78 Å². The lowest BCUT2D eigenvalue weighted by Crippen LogP contribution is -2.18. The molecule has 2 aromatic heterocycles. The molecular weight excluding hydrogens is 248 g/mol. The zero-order chi connectivity index (χ0) is 13.7. The monoisotopic (exact) mass is 262 g/mol. The molecule has 0 atom stereocenters. The molecule has 19 heavy (non-hydrogen) atoms. The van der Waals surface area contributed by atoms with Crippen LogP contribution in [0.1, 0.15) is 27.9 Å². The Balaban J connectivity index is 1.79. The molecular formula is C12H14N4O3. The summed E-state index contributed by atoms with van der Waals surface area (Å²) in [6.45, 7) is 2.91. The number of aryl methyl sites for hydroxylation is 1. The number of pyridine rings is 1. The van der Waals surface area contributed by atoms with E-state index in [2.05, 4.69) is 20.4 Å². The van der Waals surface area contributed by atoms with Crippen LogP contribution in [0.3, 0.4) is 0 Å². The van der Waals surface area contributed by atoms with Crippen LogP contribution in [0, 0.1) is 6.92 Å². The van der Waals surface area contributed by atoms with E-state index in [4.69, 9.17) is 9.63 Å². The SMILES string of the molecule is Cc1noc(CCNCc2cccc(C(=O)O)n2)n1. The first-order chi connectivity index (χ1) is 9.15. The summed E-state index contributed by atoms with van der Waals surface area (Å²) in [5, 5.41) is 15.7. The van der Waals surface area contributed by atoms with E-state index in [1.807, 2.05) is 0 Å². The fourth-order valence-corrected chi connectivity index (χ4v) is 1.55. The minimum absolute atomic E-state index is 0.0480. The van der Waals surface area contributed by atoms with Gasteiger partial charge in [-0.3, -0.25) is 0 Å². The molecule has 0 aromatic carbocycles. The third kappa shape index (κ3) is 3.85. The van der Waals surface area contributed by atoms with E-state index >= 15 is 0 Å². The normalized spacial score (nSPS) is 10.6. The van der Waals surface area contributed by atoms with Crippen molar-refractivity contribution in [3.63, 3.8) is 0 Å². The summed E-state index contributed by atoms with van der Waals surface area (Å²) in [6, 6.07) is 4.91. The maximum Gasteiger partial charge on any atom is 0.354 e. The number of hydrogen-bond acceptors (Lipinski definition) is 6. The van der Waals surface area contributed by atoms with E-state index in [9.17, 15) is 4.79 Å². The summed E-state index contributed by atoms with van der Waals surface area (Å²) in [6.07, 6.45) is 0.624. The second-order valence-electron chi connectivity index (χ2n) is 3.98. The van der Waals surface area contributed by atoms with E-state index in [0.717, 1.165) is 0 Å². The molecule has 2 rings (SSSR count). The van der Waals surface area contributed by atoms with Crippen LogP contribution in [-0.2, 0) is 13.0 Å². The van der Waals surface area contributed by atoms with Crippen molar-refractivity contribution >= 4 is 5.97 Å². The van der Waals surface area contributed by atoms with Gasteiger partial charge in [0.2, 0.25) is 5.89 Å². The average molecular weight is 262 g/mol. The van der Waals surface area contributed by atoms with Crippen LogP contribution >= 0.6 is 0 Å². The van der Waals surface area contributed by atoms with E-state index < -0.39 is 5.97 Å². The number of nitrogens with zero attached hydrogens (tertiary/aromatic N) is 3. The molecule has 0 aliphatic heterocycles. The summed E-state index contributed by atoms with van der Waals surface area (Å²) in [5.74, 6) is 0.172. The predicted octanol–water partition coefficient (Wildman–Crippen LogP) is 0.804. The largest absolute Gasteiger partial charge is 0.477 e. The molecule has 7 heteroatoms. The lowest BCUT2D eigenvalue weighted by Gasteiger charge is -2.03. The van der Waals surface area contributed by atoms with Crippen molar-refractivity contribution in [3.05, 3.63) is 41.3 Å². The maximum atomic E-state index is 10.8. The Labute approximate surface area is 109 Å². The Morgan fingerprint density at radius 2 is 2.26 bits per heavy atom. The molecule has 0 fully saturated rings. The number of aromatic carboxylic acids is 1. The van der Waals surface area contributed by atoms with Gasteiger partial charge in [0.15, 0.2) is 5.82 Å². The molecule has 2 N–H and O–H groups in total. The molecule has 0 spiro atoms. The van der Waals surface area contributed by atoms with Gasteiger partial charge in [0.05, 0.1) is 5.69 Å². The summed E-state index contributed by atoms with van der Waals surface area (Å²) in [5.41, 5.74) is 0.730. The summed E-state index contributed by atoms with van der Waals surface area (Å²) < 4.78 is 4.97. The first-order valence-electron chi connectivity index (χ1n) is 5.84. The van der Waals surface area contributed by atoms with Crippen LogP contribution in [0.5, 0.6) is 0 Å². The number of rotatable bonds is 6. The predicted molar refractivity (Wildman–Crippen MR) is 65.6 cm³/mol. The van der Waals surface area contributed by atoms with Crippen LogP contribution in [0.15, 0.2) is 22.7 Å². The topological polar surface area (TPSA) is 101 Å².